The molecule has 3 N–H and O–H groups in total. The van der Waals surface area contributed by atoms with Crippen molar-refractivity contribution < 1.29 is 33.0 Å². The van der Waals surface area contributed by atoms with E-state index in [1.54, 1.807) is 44.2 Å². The predicted octanol–water partition coefficient (Wildman–Crippen LogP) is 6.37. The van der Waals surface area contributed by atoms with E-state index in [4.69, 9.17) is 19.6 Å². The molecule has 1 aliphatic rings. The number of furan rings is 1. The van der Waals surface area contributed by atoms with E-state index in [2.05, 4.69) is 0 Å². The summed E-state index contributed by atoms with van der Waals surface area (Å²) in [7, 11) is 0. The van der Waals surface area contributed by atoms with Crippen molar-refractivity contribution in [3.8, 4) is 22.8 Å². The first kappa shape index (κ1) is 23.6. The van der Waals surface area contributed by atoms with Crippen LogP contribution in [0, 0.1) is 5.82 Å². The number of aliphatic hydroxyl groups is 1. The third-order valence-corrected chi connectivity index (χ3v) is 6.10. The molecule has 1 heterocycles. The molecule has 1 aromatic heterocycles. The van der Waals surface area contributed by atoms with Gasteiger partial charge < -0.3 is 24.7 Å². The smallest absolute Gasteiger partial charge is 0.412 e. The maximum atomic E-state index is 13.2. The fourth-order valence-corrected chi connectivity index (χ4v) is 4.28. The highest BCUT2D eigenvalue weighted by Gasteiger charge is 2.34. The fourth-order valence-electron chi connectivity index (χ4n) is 4.28. The van der Waals surface area contributed by atoms with Crippen molar-refractivity contribution in [1.82, 2.24) is 0 Å². The second-order valence-corrected chi connectivity index (χ2v) is 9.36. The highest BCUT2D eigenvalue weighted by Crippen LogP contribution is 2.47. The van der Waals surface area contributed by atoms with Gasteiger partial charge in [0.1, 0.15) is 34.2 Å². The predicted molar refractivity (Wildman–Crippen MR) is 130 cm³/mol. The number of benzene rings is 3. The second-order valence-electron chi connectivity index (χ2n) is 9.36. The summed E-state index contributed by atoms with van der Waals surface area (Å²) in [4.78, 5) is 24.3. The molecule has 1 aliphatic carbocycles. The van der Waals surface area contributed by atoms with Gasteiger partial charge in [0.25, 0.3) is 0 Å². The lowest BCUT2D eigenvalue weighted by Crippen LogP contribution is -2.19. The standard InChI is InChI=1S/C28H24FNO6/c1-28(2,33)22-14-23-21(13-20(22)15-3-4-15)24(26(31)36-27(30)32)25(35-23)16-5-9-18(10-6-16)34-19-11-7-17(29)8-12-19/h5-15,33H,3-4H2,1-2H3,(H2,30,32). The molecule has 1 amide bonds. The zero-order chi connectivity index (χ0) is 25.6. The third-order valence-electron chi connectivity index (χ3n) is 6.10. The maximum Gasteiger partial charge on any atom is 0.412 e. The van der Waals surface area contributed by atoms with Crippen LogP contribution in [0.2, 0.25) is 0 Å². The number of halogens is 1. The van der Waals surface area contributed by atoms with Gasteiger partial charge in [0, 0.05) is 10.9 Å². The summed E-state index contributed by atoms with van der Waals surface area (Å²) >= 11 is 0. The zero-order valence-corrected chi connectivity index (χ0v) is 19.7. The third kappa shape index (κ3) is 4.67. The van der Waals surface area contributed by atoms with Gasteiger partial charge >= 0.3 is 12.1 Å². The lowest BCUT2D eigenvalue weighted by atomic mass is 9.89. The normalized spacial score (nSPS) is 13.6. The van der Waals surface area contributed by atoms with Gasteiger partial charge in [-0.25, -0.2) is 14.0 Å². The van der Waals surface area contributed by atoms with Crippen LogP contribution in [-0.2, 0) is 10.3 Å². The Labute approximate surface area is 206 Å². The van der Waals surface area contributed by atoms with Crippen LogP contribution < -0.4 is 10.5 Å². The van der Waals surface area contributed by atoms with E-state index in [9.17, 15) is 19.1 Å². The molecular weight excluding hydrogens is 465 g/mol. The first-order chi connectivity index (χ1) is 17.1. The number of esters is 1. The molecule has 0 radical (unpaired) electrons. The van der Waals surface area contributed by atoms with Gasteiger partial charge in [-0.1, -0.05) is 0 Å². The minimum absolute atomic E-state index is 0.0696. The number of hydrogen-bond donors (Lipinski definition) is 2. The van der Waals surface area contributed by atoms with Crippen molar-refractivity contribution >= 4 is 23.0 Å². The van der Waals surface area contributed by atoms with Crippen molar-refractivity contribution in [2.24, 2.45) is 5.73 Å². The first-order valence-electron chi connectivity index (χ1n) is 11.5. The Hall–Kier alpha value is -4.17. The molecule has 0 atom stereocenters. The Kier molecular flexibility index (Phi) is 5.76. The molecule has 1 fully saturated rings. The molecule has 0 saturated heterocycles. The number of ether oxygens (including phenoxy) is 2. The van der Waals surface area contributed by atoms with Gasteiger partial charge in [0.05, 0.1) is 5.60 Å². The minimum Gasteiger partial charge on any atom is -0.457 e. The van der Waals surface area contributed by atoms with E-state index < -0.39 is 17.7 Å². The molecule has 36 heavy (non-hydrogen) atoms. The Bertz CT molecular complexity index is 1460. The monoisotopic (exact) mass is 489 g/mol. The number of nitrogens with two attached hydrogens (primary N) is 1. The molecule has 184 valence electrons. The molecule has 0 spiro atoms. The van der Waals surface area contributed by atoms with Crippen LogP contribution >= 0.6 is 0 Å². The molecule has 3 aromatic carbocycles. The molecule has 0 aliphatic heterocycles. The summed E-state index contributed by atoms with van der Waals surface area (Å²) in [5.74, 6) is 0.126. The Morgan fingerprint density at radius 3 is 2.19 bits per heavy atom. The average molecular weight is 489 g/mol. The summed E-state index contributed by atoms with van der Waals surface area (Å²) in [6, 6.07) is 15.9. The summed E-state index contributed by atoms with van der Waals surface area (Å²) in [6.45, 7) is 3.40. The SMILES string of the molecule is CC(C)(O)c1cc2oc(-c3ccc(Oc4ccc(F)cc4)cc3)c(C(=O)OC(N)=O)c2cc1C1CC1. The number of carbonyl (C=O) groups excluding carboxylic acids is 2. The molecule has 5 rings (SSSR count). The van der Waals surface area contributed by atoms with E-state index in [0.717, 1.165) is 24.0 Å². The molecule has 0 unspecified atom stereocenters. The molecule has 4 aromatic rings. The highest BCUT2D eigenvalue weighted by atomic mass is 19.1. The van der Waals surface area contributed by atoms with E-state index in [1.807, 2.05) is 6.07 Å². The van der Waals surface area contributed by atoms with Crippen LogP contribution in [0.25, 0.3) is 22.3 Å². The van der Waals surface area contributed by atoms with Crippen LogP contribution in [-0.4, -0.2) is 17.2 Å². The number of primary amides is 1. The van der Waals surface area contributed by atoms with Gasteiger partial charge in [0.2, 0.25) is 0 Å². The fraction of sp³-hybridized carbons (Fsp3) is 0.214. The Morgan fingerprint density at radius 1 is 1.03 bits per heavy atom. The highest BCUT2D eigenvalue weighted by molar-refractivity contribution is 6.11. The van der Waals surface area contributed by atoms with Crippen LogP contribution in [0.4, 0.5) is 9.18 Å². The van der Waals surface area contributed by atoms with Gasteiger partial charge in [-0.3, -0.25) is 0 Å². The van der Waals surface area contributed by atoms with Crippen molar-refractivity contribution in [2.75, 3.05) is 0 Å². The van der Waals surface area contributed by atoms with E-state index in [-0.39, 0.29) is 23.1 Å². The average Bonchev–Trinajstić information content (AvgIpc) is 3.59. The molecule has 7 nitrogen and oxygen atoms in total. The van der Waals surface area contributed by atoms with Gasteiger partial charge in [0.15, 0.2) is 0 Å². The number of rotatable bonds is 6. The lowest BCUT2D eigenvalue weighted by Gasteiger charge is -2.21. The summed E-state index contributed by atoms with van der Waals surface area (Å²) in [6.07, 6.45) is 0.741. The van der Waals surface area contributed by atoms with Gasteiger partial charge in [-0.15, -0.1) is 0 Å². The largest absolute Gasteiger partial charge is 0.457 e. The molecular formula is C28H24FNO6. The van der Waals surface area contributed by atoms with Crippen LogP contribution in [0.1, 0.15) is 54.1 Å². The van der Waals surface area contributed by atoms with Crippen LogP contribution in [0.15, 0.2) is 65.1 Å². The van der Waals surface area contributed by atoms with E-state index >= 15 is 0 Å². The summed E-state index contributed by atoms with van der Waals surface area (Å²) in [5, 5.41) is 11.2. The topological polar surface area (TPSA) is 112 Å². The summed E-state index contributed by atoms with van der Waals surface area (Å²) in [5.41, 5.74) is 6.62. The number of amides is 1. The van der Waals surface area contributed by atoms with Crippen molar-refractivity contribution in [1.29, 1.82) is 0 Å². The Balaban J connectivity index is 1.60. The molecule has 1 saturated carbocycles. The van der Waals surface area contributed by atoms with Gasteiger partial charge in [-0.2, -0.15) is 0 Å². The maximum absolute atomic E-state index is 13.2. The lowest BCUT2D eigenvalue weighted by molar-refractivity contribution is 0.0640. The van der Waals surface area contributed by atoms with E-state index in [1.165, 1.54) is 24.3 Å². The number of carbonyl (C=O) groups is 2. The van der Waals surface area contributed by atoms with Crippen molar-refractivity contribution in [2.45, 2.75) is 38.2 Å². The number of fused-ring (bicyclic) bond motifs is 1. The number of hydrogen-bond acceptors (Lipinski definition) is 6. The molecule has 8 heteroatoms. The van der Waals surface area contributed by atoms with Crippen LogP contribution in [0.5, 0.6) is 11.5 Å². The molecule has 0 bridgehead atoms. The zero-order valence-electron chi connectivity index (χ0n) is 19.7. The van der Waals surface area contributed by atoms with Crippen molar-refractivity contribution in [3.63, 3.8) is 0 Å². The van der Waals surface area contributed by atoms with E-state index in [0.29, 0.717) is 28.0 Å². The second kappa shape index (κ2) is 8.80. The Morgan fingerprint density at radius 2 is 1.64 bits per heavy atom. The minimum atomic E-state index is -1.22. The summed E-state index contributed by atoms with van der Waals surface area (Å²) < 4.78 is 29.7. The quantitative estimate of drug-likeness (QED) is 0.240. The first-order valence-corrected chi connectivity index (χ1v) is 11.5. The van der Waals surface area contributed by atoms with Gasteiger partial charge in [-0.05, 0) is 104 Å². The van der Waals surface area contributed by atoms with Crippen LogP contribution in [0.3, 0.4) is 0 Å². The van der Waals surface area contributed by atoms with Crippen molar-refractivity contribution in [3.05, 3.63) is 83.2 Å².